The predicted molar refractivity (Wildman–Crippen MR) is 109 cm³/mol. The van der Waals surface area contributed by atoms with Gasteiger partial charge < -0.3 is 19.7 Å². The first kappa shape index (κ1) is 20.0. The van der Waals surface area contributed by atoms with Crippen molar-refractivity contribution in [3.05, 3.63) is 47.8 Å². The van der Waals surface area contributed by atoms with Crippen molar-refractivity contribution in [2.24, 2.45) is 0 Å². The van der Waals surface area contributed by atoms with Crippen molar-refractivity contribution in [1.82, 2.24) is 0 Å². The van der Waals surface area contributed by atoms with Crippen molar-refractivity contribution in [3.8, 4) is 11.5 Å². The van der Waals surface area contributed by atoms with E-state index in [-0.39, 0.29) is 11.7 Å². The molecule has 1 heterocycles. The van der Waals surface area contributed by atoms with Gasteiger partial charge in [-0.25, -0.2) is 4.39 Å². The van der Waals surface area contributed by atoms with Crippen molar-refractivity contribution >= 4 is 17.3 Å². The molecule has 1 N–H and O–H groups in total. The molecule has 1 fully saturated rings. The Hall–Kier alpha value is -2.76. The lowest BCUT2D eigenvalue weighted by Gasteiger charge is -2.30. The van der Waals surface area contributed by atoms with Gasteiger partial charge in [-0.1, -0.05) is 6.07 Å². The van der Waals surface area contributed by atoms with Crippen LogP contribution in [-0.2, 0) is 11.2 Å². The summed E-state index contributed by atoms with van der Waals surface area (Å²) in [6.45, 7) is 1.86. The van der Waals surface area contributed by atoms with Crippen LogP contribution < -0.4 is 19.7 Å². The summed E-state index contributed by atoms with van der Waals surface area (Å²) in [7, 11) is 3.17. The topological polar surface area (TPSA) is 50.8 Å². The summed E-state index contributed by atoms with van der Waals surface area (Å²) in [6.07, 6.45) is 4.30. The van der Waals surface area contributed by atoms with Gasteiger partial charge in [0, 0.05) is 19.5 Å². The van der Waals surface area contributed by atoms with Crippen LogP contribution in [0.5, 0.6) is 11.5 Å². The monoisotopic (exact) mass is 386 g/mol. The summed E-state index contributed by atoms with van der Waals surface area (Å²) in [6, 6.07) is 10.2. The Bertz CT molecular complexity index is 819. The van der Waals surface area contributed by atoms with E-state index < -0.39 is 0 Å². The lowest BCUT2D eigenvalue weighted by molar-refractivity contribution is -0.116. The van der Waals surface area contributed by atoms with Crippen molar-refractivity contribution < 1.29 is 18.7 Å². The Balaban J connectivity index is 1.65. The smallest absolute Gasteiger partial charge is 0.224 e. The number of piperidine rings is 1. The minimum Gasteiger partial charge on any atom is -0.493 e. The molecule has 5 nitrogen and oxygen atoms in total. The van der Waals surface area contributed by atoms with Crippen LogP contribution in [-0.4, -0.2) is 33.2 Å². The zero-order chi connectivity index (χ0) is 19.9. The lowest BCUT2D eigenvalue weighted by Crippen LogP contribution is -2.30. The highest BCUT2D eigenvalue weighted by atomic mass is 19.1. The molecule has 1 amide bonds. The molecular formula is C22H27FN2O3. The van der Waals surface area contributed by atoms with Gasteiger partial charge in [0.2, 0.25) is 5.91 Å². The van der Waals surface area contributed by atoms with Crippen molar-refractivity contribution in [3.63, 3.8) is 0 Å². The highest BCUT2D eigenvalue weighted by Crippen LogP contribution is 2.30. The van der Waals surface area contributed by atoms with E-state index in [1.807, 2.05) is 18.2 Å². The molecule has 1 aliphatic heterocycles. The van der Waals surface area contributed by atoms with Gasteiger partial charge in [0.1, 0.15) is 5.82 Å². The van der Waals surface area contributed by atoms with Crippen molar-refractivity contribution in [2.45, 2.75) is 32.1 Å². The van der Waals surface area contributed by atoms with E-state index in [1.54, 1.807) is 20.3 Å². The molecule has 0 unspecified atom stereocenters. The zero-order valence-electron chi connectivity index (χ0n) is 16.5. The third kappa shape index (κ3) is 4.94. The second-order valence-electron chi connectivity index (χ2n) is 6.95. The molecule has 0 bridgehead atoms. The van der Waals surface area contributed by atoms with Crippen LogP contribution in [0.1, 0.15) is 31.2 Å². The number of anilines is 2. The Morgan fingerprint density at radius 2 is 1.79 bits per heavy atom. The van der Waals surface area contributed by atoms with E-state index in [1.165, 1.54) is 18.6 Å². The average molecular weight is 386 g/mol. The van der Waals surface area contributed by atoms with Crippen LogP contribution in [0.3, 0.4) is 0 Å². The van der Waals surface area contributed by atoms with Crippen LogP contribution in [0, 0.1) is 5.82 Å². The Labute approximate surface area is 165 Å². The molecule has 1 saturated heterocycles. The number of nitrogens with one attached hydrogen (secondary N) is 1. The first-order valence-corrected chi connectivity index (χ1v) is 9.66. The molecule has 0 aliphatic carbocycles. The van der Waals surface area contributed by atoms with Gasteiger partial charge in [-0.15, -0.1) is 0 Å². The summed E-state index contributed by atoms with van der Waals surface area (Å²) in [5.41, 5.74) is 2.41. The molecule has 0 radical (unpaired) electrons. The first-order valence-electron chi connectivity index (χ1n) is 9.66. The number of halogens is 1. The van der Waals surface area contributed by atoms with Gasteiger partial charge in [0.25, 0.3) is 0 Å². The molecule has 0 atom stereocenters. The minimum atomic E-state index is -0.351. The summed E-state index contributed by atoms with van der Waals surface area (Å²) in [4.78, 5) is 14.7. The van der Waals surface area contributed by atoms with E-state index in [2.05, 4.69) is 10.2 Å². The van der Waals surface area contributed by atoms with Gasteiger partial charge in [-0.05, 0) is 61.6 Å². The van der Waals surface area contributed by atoms with Crippen LogP contribution in [0.25, 0.3) is 0 Å². The minimum absolute atomic E-state index is 0.140. The fourth-order valence-electron chi connectivity index (χ4n) is 3.53. The Morgan fingerprint density at radius 1 is 1.04 bits per heavy atom. The fraction of sp³-hybridized carbons (Fsp3) is 0.409. The maximum Gasteiger partial charge on any atom is 0.224 e. The number of methoxy groups -OCH3 is 2. The molecule has 0 saturated carbocycles. The van der Waals surface area contributed by atoms with Crippen LogP contribution in [0.15, 0.2) is 36.4 Å². The average Bonchev–Trinajstić information content (AvgIpc) is 2.72. The van der Waals surface area contributed by atoms with Gasteiger partial charge in [0.15, 0.2) is 11.5 Å². The number of amides is 1. The van der Waals surface area contributed by atoms with Gasteiger partial charge in [-0.2, -0.15) is 0 Å². The molecule has 2 aromatic carbocycles. The number of hydrogen-bond acceptors (Lipinski definition) is 4. The number of nitrogens with zero attached hydrogens (tertiary/aromatic N) is 1. The third-order valence-corrected chi connectivity index (χ3v) is 5.02. The third-order valence-electron chi connectivity index (χ3n) is 5.02. The lowest BCUT2D eigenvalue weighted by atomic mass is 10.1. The summed E-state index contributed by atoms with van der Waals surface area (Å²) in [5, 5.41) is 2.89. The summed E-state index contributed by atoms with van der Waals surface area (Å²) >= 11 is 0. The van der Waals surface area contributed by atoms with Crippen molar-refractivity contribution in [1.29, 1.82) is 0 Å². The molecule has 2 aromatic rings. The van der Waals surface area contributed by atoms with Gasteiger partial charge >= 0.3 is 0 Å². The second kappa shape index (κ2) is 9.44. The Morgan fingerprint density at radius 3 is 2.50 bits per heavy atom. The highest BCUT2D eigenvalue weighted by molar-refractivity contribution is 5.94. The van der Waals surface area contributed by atoms with E-state index in [9.17, 15) is 9.18 Å². The van der Waals surface area contributed by atoms with E-state index in [0.29, 0.717) is 30.0 Å². The molecule has 28 heavy (non-hydrogen) atoms. The number of rotatable bonds is 7. The van der Waals surface area contributed by atoms with Crippen molar-refractivity contribution in [2.75, 3.05) is 37.5 Å². The maximum absolute atomic E-state index is 13.8. The Kier molecular flexibility index (Phi) is 6.74. The molecule has 0 spiro atoms. The number of hydrogen-bond donors (Lipinski definition) is 1. The number of carbonyl (C=O) groups is 1. The largest absolute Gasteiger partial charge is 0.493 e. The summed E-state index contributed by atoms with van der Waals surface area (Å²) < 4.78 is 24.3. The van der Waals surface area contributed by atoms with E-state index in [0.717, 1.165) is 37.2 Å². The SMILES string of the molecule is COc1ccc(CCC(=O)Nc2cc(F)ccc2N2CCCCC2)cc1OC. The molecule has 1 aliphatic rings. The number of aryl methyl sites for hydroxylation is 1. The van der Waals surface area contributed by atoms with Crippen LogP contribution in [0.4, 0.5) is 15.8 Å². The van der Waals surface area contributed by atoms with Crippen LogP contribution >= 0.6 is 0 Å². The zero-order valence-corrected chi connectivity index (χ0v) is 16.5. The fourth-order valence-corrected chi connectivity index (χ4v) is 3.53. The molecule has 3 rings (SSSR count). The second-order valence-corrected chi connectivity index (χ2v) is 6.95. The van der Waals surface area contributed by atoms with E-state index >= 15 is 0 Å². The molecular weight excluding hydrogens is 359 g/mol. The summed E-state index contributed by atoms with van der Waals surface area (Å²) in [5.74, 6) is 0.800. The highest BCUT2D eigenvalue weighted by Gasteiger charge is 2.17. The molecule has 6 heteroatoms. The number of benzene rings is 2. The van der Waals surface area contributed by atoms with E-state index in [4.69, 9.17) is 9.47 Å². The normalized spacial score (nSPS) is 13.9. The van der Waals surface area contributed by atoms with Gasteiger partial charge in [0.05, 0.1) is 25.6 Å². The standard InChI is InChI=1S/C22H27FN2O3/c1-27-20-10-6-16(14-21(20)28-2)7-11-22(26)24-18-15-17(23)8-9-19(18)25-12-4-3-5-13-25/h6,8-10,14-15H,3-5,7,11-13H2,1-2H3,(H,24,26). The number of carbonyl (C=O) groups excluding carboxylic acids is 1. The molecule has 0 aromatic heterocycles. The predicted octanol–water partition coefficient (Wildman–Crippen LogP) is 4.40. The maximum atomic E-state index is 13.8. The number of ether oxygens (including phenoxy) is 2. The molecule has 150 valence electrons. The van der Waals surface area contributed by atoms with Crippen LogP contribution in [0.2, 0.25) is 0 Å². The quantitative estimate of drug-likeness (QED) is 0.766. The van der Waals surface area contributed by atoms with Gasteiger partial charge in [-0.3, -0.25) is 4.79 Å². The first-order chi connectivity index (χ1) is 13.6.